The molecule has 2 heterocycles. The molecule has 0 radical (unpaired) electrons. The SMILES string of the molecule is Cc1oc(Cn2ccn(C(C)C)c2=O)cc1C(=O)O. The number of aromatic carboxylic acids is 1. The number of rotatable bonds is 4. The number of imidazole rings is 1. The standard InChI is InChI=1S/C13H16N2O4/c1-8(2)15-5-4-14(13(15)18)7-10-6-11(12(16)17)9(3)19-10/h4-6,8H,7H2,1-3H3,(H,16,17). The van der Waals surface area contributed by atoms with Gasteiger partial charge < -0.3 is 9.52 Å². The van der Waals surface area contributed by atoms with Crippen molar-refractivity contribution in [3.63, 3.8) is 0 Å². The Bertz CT molecular complexity index is 660. The summed E-state index contributed by atoms with van der Waals surface area (Å²) in [5.41, 5.74) is -0.00716. The molecule has 0 aliphatic rings. The fraction of sp³-hybridized carbons (Fsp3) is 0.385. The number of hydrogen-bond donors (Lipinski definition) is 1. The van der Waals surface area contributed by atoms with Crippen LogP contribution < -0.4 is 5.69 Å². The van der Waals surface area contributed by atoms with Gasteiger partial charge >= 0.3 is 11.7 Å². The van der Waals surface area contributed by atoms with E-state index in [1.165, 1.54) is 10.6 Å². The second-order valence-electron chi connectivity index (χ2n) is 4.70. The van der Waals surface area contributed by atoms with Crippen molar-refractivity contribution < 1.29 is 14.3 Å². The van der Waals surface area contributed by atoms with Crippen molar-refractivity contribution in [2.24, 2.45) is 0 Å². The molecular weight excluding hydrogens is 248 g/mol. The molecule has 0 aliphatic carbocycles. The molecule has 0 saturated carbocycles. The normalized spacial score (nSPS) is 11.2. The quantitative estimate of drug-likeness (QED) is 0.914. The van der Waals surface area contributed by atoms with Crippen molar-refractivity contribution in [2.75, 3.05) is 0 Å². The summed E-state index contributed by atoms with van der Waals surface area (Å²) in [6.45, 7) is 5.66. The van der Waals surface area contributed by atoms with E-state index in [9.17, 15) is 9.59 Å². The van der Waals surface area contributed by atoms with Crippen LogP contribution in [0.1, 0.15) is 41.8 Å². The Morgan fingerprint density at radius 3 is 2.58 bits per heavy atom. The van der Waals surface area contributed by atoms with Crippen LogP contribution in [0.5, 0.6) is 0 Å². The number of hydrogen-bond acceptors (Lipinski definition) is 3. The van der Waals surface area contributed by atoms with Crippen LogP contribution in [0.25, 0.3) is 0 Å². The van der Waals surface area contributed by atoms with E-state index in [0.717, 1.165) is 0 Å². The molecule has 2 aromatic heterocycles. The van der Waals surface area contributed by atoms with E-state index < -0.39 is 5.97 Å². The van der Waals surface area contributed by atoms with Gasteiger partial charge in [0.05, 0.1) is 6.54 Å². The minimum atomic E-state index is -1.03. The molecule has 6 heteroatoms. The molecule has 1 N–H and O–H groups in total. The molecule has 19 heavy (non-hydrogen) atoms. The van der Waals surface area contributed by atoms with Gasteiger partial charge in [-0.15, -0.1) is 0 Å². The van der Waals surface area contributed by atoms with Crippen LogP contribution in [0.15, 0.2) is 27.7 Å². The third-order valence-electron chi connectivity index (χ3n) is 2.96. The van der Waals surface area contributed by atoms with Crippen LogP contribution in [-0.4, -0.2) is 20.2 Å². The molecule has 0 bridgehead atoms. The third kappa shape index (κ3) is 2.47. The second-order valence-corrected chi connectivity index (χ2v) is 4.70. The van der Waals surface area contributed by atoms with Crippen molar-refractivity contribution in [3.8, 4) is 0 Å². The Morgan fingerprint density at radius 1 is 1.42 bits per heavy atom. The number of aryl methyl sites for hydroxylation is 1. The summed E-state index contributed by atoms with van der Waals surface area (Å²) < 4.78 is 8.45. The van der Waals surface area contributed by atoms with Crippen LogP contribution in [0.2, 0.25) is 0 Å². The lowest BCUT2D eigenvalue weighted by molar-refractivity contribution is 0.0695. The smallest absolute Gasteiger partial charge is 0.339 e. The molecule has 2 aromatic rings. The first-order valence-corrected chi connectivity index (χ1v) is 6.00. The van der Waals surface area contributed by atoms with Gasteiger partial charge in [0, 0.05) is 18.4 Å². The molecule has 0 aliphatic heterocycles. The van der Waals surface area contributed by atoms with E-state index in [1.807, 2.05) is 13.8 Å². The number of aromatic nitrogens is 2. The first-order chi connectivity index (χ1) is 8.90. The van der Waals surface area contributed by atoms with Crippen LogP contribution in [0.3, 0.4) is 0 Å². The highest BCUT2D eigenvalue weighted by molar-refractivity contribution is 5.88. The van der Waals surface area contributed by atoms with E-state index >= 15 is 0 Å². The topological polar surface area (TPSA) is 77.4 Å². The highest BCUT2D eigenvalue weighted by Gasteiger charge is 2.15. The zero-order valence-electron chi connectivity index (χ0n) is 11.1. The van der Waals surface area contributed by atoms with Crippen LogP contribution in [0, 0.1) is 6.92 Å². The van der Waals surface area contributed by atoms with Gasteiger partial charge in [-0.05, 0) is 26.8 Å². The molecule has 0 aromatic carbocycles. The predicted molar refractivity (Wildman–Crippen MR) is 68.6 cm³/mol. The van der Waals surface area contributed by atoms with Gasteiger partial charge in [-0.3, -0.25) is 9.13 Å². The zero-order chi connectivity index (χ0) is 14.2. The van der Waals surface area contributed by atoms with Gasteiger partial charge in [0.1, 0.15) is 17.1 Å². The van der Waals surface area contributed by atoms with Crippen LogP contribution in [-0.2, 0) is 6.54 Å². The molecule has 0 atom stereocenters. The summed E-state index contributed by atoms with van der Waals surface area (Å²) >= 11 is 0. The Balaban J connectivity index is 2.29. The summed E-state index contributed by atoms with van der Waals surface area (Å²) in [7, 11) is 0. The van der Waals surface area contributed by atoms with E-state index in [1.54, 1.807) is 23.9 Å². The van der Waals surface area contributed by atoms with Gasteiger partial charge in [-0.2, -0.15) is 0 Å². The number of carboxylic acid groups (broad SMARTS) is 1. The predicted octanol–water partition coefficient (Wildman–Crippen LogP) is 1.88. The van der Waals surface area contributed by atoms with Gasteiger partial charge in [-0.1, -0.05) is 0 Å². The second kappa shape index (κ2) is 4.79. The zero-order valence-corrected chi connectivity index (χ0v) is 11.1. The Kier molecular flexibility index (Phi) is 3.33. The fourth-order valence-corrected chi connectivity index (χ4v) is 1.94. The van der Waals surface area contributed by atoms with Crippen molar-refractivity contribution >= 4 is 5.97 Å². The maximum atomic E-state index is 12.0. The van der Waals surface area contributed by atoms with E-state index in [2.05, 4.69) is 0 Å². The molecule has 6 nitrogen and oxygen atoms in total. The molecule has 0 spiro atoms. The molecule has 0 fully saturated rings. The maximum Gasteiger partial charge on any atom is 0.339 e. The summed E-state index contributed by atoms with van der Waals surface area (Å²) in [6.07, 6.45) is 3.38. The highest BCUT2D eigenvalue weighted by atomic mass is 16.4. The number of carboxylic acids is 1. The summed E-state index contributed by atoms with van der Waals surface area (Å²) in [5.74, 6) is -0.225. The fourth-order valence-electron chi connectivity index (χ4n) is 1.94. The van der Waals surface area contributed by atoms with Gasteiger partial charge in [-0.25, -0.2) is 9.59 Å². The lowest BCUT2D eigenvalue weighted by Crippen LogP contribution is -2.25. The minimum Gasteiger partial charge on any atom is -0.478 e. The third-order valence-corrected chi connectivity index (χ3v) is 2.96. The van der Waals surface area contributed by atoms with Crippen LogP contribution >= 0.6 is 0 Å². The number of nitrogens with zero attached hydrogens (tertiary/aromatic N) is 2. The lowest BCUT2D eigenvalue weighted by Gasteiger charge is -2.04. The monoisotopic (exact) mass is 264 g/mol. The van der Waals surface area contributed by atoms with Crippen molar-refractivity contribution in [1.29, 1.82) is 0 Å². The van der Waals surface area contributed by atoms with Gasteiger partial charge in [0.2, 0.25) is 0 Å². The van der Waals surface area contributed by atoms with Crippen molar-refractivity contribution in [1.82, 2.24) is 9.13 Å². The maximum absolute atomic E-state index is 12.0. The van der Waals surface area contributed by atoms with Gasteiger partial charge in [0.15, 0.2) is 0 Å². The van der Waals surface area contributed by atoms with E-state index in [0.29, 0.717) is 11.5 Å². The van der Waals surface area contributed by atoms with Crippen LogP contribution in [0.4, 0.5) is 0 Å². The molecule has 0 saturated heterocycles. The lowest BCUT2D eigenvalue weighted by atomic mass is 10.2. The number of furan rings is 1. The summed E-state index contributed by atoms with van der Waals surface area (Å²) in [5, 5.41) is 8.94. The Morgan fingerprint density at radius 2 is 2.11 bits per heavy atom. The summed E-state index contributed by atoms with van der Waals surface area (Å²) in [6, 6.07) is 1.54. The first-order valence-electron chi connectivity index (χ1n) is 6.00. The molecular formula is C13H16N2O4. The molecule has 0 unspecified atom stereocenters. The average Bonchev–Trinajstić information content (AvgIpc) is 2.84. The average molecular weight is 264 g/mol. The van der Waals surface area contributed by atoms with E-state index in [4.69, 9.17) is 9.52 Å². The first kappa shape index (κ1) is 13.2. The molecule has 102 valence electrons. The summed E-state index contributed by atoms with van der Waals surface area (Å²) in [4.78, 5) is 22.9. The Hall–Kier alpha value is -2.24. The molecule has 2 rings (SSSR count). The largest absolute Gasteiger partial charge is 0.478 e. The van der Waals surface area contributed by atoms with E-state index in [-0.39, 0.29) is 23.8 Å². The number of carbonyl (C=O) groups is 1. The molecule has 0 amide bonds. The van der Waals surface area contributed by atoms with Crippen molar-refractivity contribution in [3.05, 3.63) is 46.0 Å². The Labute approximate surface area is 109 Å². The minimum absolute atomic E-state index is 0.0849. The highest BCUT2D eigenvalue weighted by Crippen LogP contribution is 2.15. The van der Waals surface area contributed by atoms with Gasteiger partial charge in [0.25, 0.3) is 0 Å². The van der Waals surface area contributed by atoms with Crippen molar-refractivity contribution in [2.45, 2.75) is 33.4 Å².